The Labute approximate surface area is 306 Å². The third kappa shape index (κ3) is 5.45. The van der Waals surface area contributed by atoms with Crippen LogP contribution in [0.15, 0.2) is 84.3 Å². The van der Waals surface area contributed by atoms with Gasteiger partial charge in [0.2, 0.25) is 6.29 Å². The lowest BCUT2D eigenvalue weighted by atomic mass is 9.52. The monoisotopic (exact) mass is 724 g/mol. The molecular formula is C41H44N2O10. The molecule has 12 heteroatoms. The van der Waals surface area contributed by atoms with E-state index in [2.05, 4.69) is 4.98 Å². The number of anilines is 1. The number of carbonyl (C=O) groups is 2. The summed E-state index contributed by atoms with van der Waals surface area (Å²) in [6, 6.07) is 15.4. The van der Waals surface area contributed by atoms with E-state index in [-0.39, 0.29) is 35.7 Å². The highest BCUT2D eigenvalue weighted by Crippen LogP contribution is 2.60. The maximum atomic E-state index is 14.2. The van der Waals surface area contributed by atoms with E-state index in [0.29, 0.717) is 37.1 Å². The third-order valence-corrected chi connectivity index (χ3v) is 12.6. The first-order valence-corrected chi connectivity index (χ1v) is 18.2. The molecule has 2 bridgehead atoms. The Balaban J connectivity index is 1.13. The summed E-state index contributed by atoms with van der Waals surface area (Å²) < 4.78 is 12.5. The van der Waals surface area contributed by atoms with Crippen LogP contribution in [0.3, 0.4) is 0 Å². The summed E-state index contributed by atoms with van der Waals surface area (Å²) in [7, 11) is 0. The van der Waals surface area contributed by atoms with Gasteiger partial charge in [-0.3, -0.25) is 9.59 Å². The Morgan fingerprint density at radius 1 is 0.962 bits per heavy atom. The molecule has 2 heterocycles. The second-order valence-electron chi connectivity index (χ2n) is 15.4. The van der Waals surface area contributed by atoms with Crippen molar-refractivity contribution in [1.82, 2.24) is 4.98 Å². The second-order valence-corrected chi connectivity index (χ2v) is 15.4. The van der Waals surface area contributed by atoms with Crippen molar-refractivity contribution < 1.29 is 49.7 Å². The van der Waals surface area contributed by atoms with Gasteiger partial charge in [-0.05, 0) is 78.6 Å². The second kappa shape index (κ2) is 13.2. The summed E-state index contributed by atoms with van der Waals surface area (Å²) >= 11 is 0. The number of Topliss-reactive ketones (excluding diaryl/α,β-unsaturated/α-hetero) is 2. The first kappa shape index (κ1) is 35.6. The molecule has 1 saturated heterocycles. The lowest BCUT2D eigenvalue weighted by molar-refractivity contribution is -0.381. The number of hydrogen-bond donors (Lipinski definition) is 7. The zero-order valence-corrected chi connectivity index (χ0v) is 29.1. The van der Waals surface area contributed by atoms with E-state index in [9.17, 15) is 40.2 Å². The molecule has 0 radical (unpaired) electrons. The highest BCUT2D eigenvalue weighted by molar-refractivity contribution is 6.19. The van der Waals surface area contributed by atoms with Gasteiger partial charge in [-0.2, -0.15) is 0 Å². The molecule has 3 fully saturated rings. The number of allylic oxidation sites excluding steroid dienone is 4. The molecule has 1 aliphatic heterocycles. The zero-order valence-electron chi connectivity index (χ0n) is 29.1. The number of ether oxygens (including phenoxy) is 2. The van der Waals surface area contributed by atoms with Gasteiger partial charge in [0.15, 0.2) is 11.6 Å². The van der Waals surface area contributed by atoms with Crippen molar-refractivity contribution in [1.29, 1.82) is 0 Å². The molecule has 2 aromatic carbocycles. The molecule has 0 amide bonds. The first-order valence-electron chi connectivity index (χ1n) is 18.2. The van der Waals surface area contributed by atoms with Crippen LogP contribution in [0.25, 0.3) is 0 Å². The van der Waals surface area contributed by atoms with E-state index < -0.39 is 71.0 Å². The van der Waals surface area contributed by atoms with Crippen LogP contribution in [0.1, 0.15) is 75.9 Å². The van der Waals surface area contributed by atoms with Crippen LogP contribution < -0.4 is 10.5 Å². The van der Waals surface area contributed by atoms with Gasteiger partial charge in [0.25, 0.3) is 0 Å². The van der Waals surface area contributed by atoms with Gasteiger partial charge < -0.3 is 45.8 Å². The Morgan fingerprint density at radius 2 is 1.72 bits per heavy atom. The predicted octanol–water partition coefficient (Wildman–Crippen LogP) is 3.23. The lowest BCUT2D eigenvalue weighted by Crippen LogP contribution is -2.79. The zero-order chi connectivity index (χ0) is 37.3. The molecule has 0 spiro atoms. The highest BCUT2D eigenvalue weighted by atomic mass is 16.7. The average molecular weight is 725 g/mol. The van der Waals surface area contributed by atoms with Crippen LogP contribution in [-0.4, -0.2) is 83.5 Å². The quantitative estimate of drug-likeness (QED) is 0.179. The molecule has 8 atom stereocenters. The number of aromatic nitrogens is 1. The molecule has 3 aromatic rings. The molecule has 8 N–H and O–H groups in total. The van der Waals surface area contributed by atoms with Gasteiger partial charge in [0.05, 0.1) is 30.6 Å². The van der Waals surface area contributed by atoms with Crippen LogP contribution in [0, 0.1) is 17.8 Å². The number of ketones is 2. The standard InChI is InChI=1S/C41H44N2O10/c42-31-19-25(10-14-43-31)39(11-1-2-12-39)30-9-13-40(21-45)38(50)41(30,51)36(49)37(53-40)52-29-8-4-7-26-33(29)35(48)32-27(34(26)47)17-24(18-28(32)46)16-22-5-3-6-23(15-22)20-44/h3-8,10,14-15,17-19,27,30,32,36-38,44-46,49-51H,1-2,9,11-13,16,20-21H2,(H2,42,43)/t27-,30-,32-,36-,37+,38+,40+,41+/m0/s1. The minimum atomic E-state index is -2.23. The van der Waals surface area contributed by atoms with Crippen molar-refractivity contribution in [2.75, 3.05) is 12.3 Å². The Morgan fingerprint density at radius 3 is 2.45 bits per heavy atom. The van der Waals surface area contributed by atoms with Crippen LogP contribution in [0.2, 0.25) is 0 Å². The molecular weight excluding hydrogens is 680 g/mol. The van der Waals surface area contributed by atoms with Crippen molar-refractivity contribution in [2.24, 2.45) is 17.8 Å². The summed E-state index contributed by atoms with van der Waals surface area (Å²) in [6.07, 6.45) is 3.41. The Hall–Kier alpha value is -4.43. The van der Waals surface area contributed by atoms with Gasteiger partial charge in [0, 0.05) is 23.1 Å². The number of rotatable bonds is 8. The summed E-state index contributed by atoms with van der Waals surface area (Å²) in [6.45, 7) is -0.810. The molecule has 8 rings (SSSR count). The number of nitrogens with zero attached hydrogens (tertiary/aromatic N) is 1. The molecule has 2 saturated carbocycles. The van der Waals surface area contributed by atoms with Gasteiger partial charge in [-0.25, -0.2) is 4.98 Å². The number of hydrogen-bond acceptors (Lipinski definition) is 12. The van der Waals surface area contributed by atoms with Gasteiger partial charge in [-0.1, -0.05) is 55.3 Å². The van der Waals surface area contributed by atoms with Gasteiger partial charge >= 0.3 is 0 Å². The number of nitrogens with two attached hydrogens (primary N) is 1. The van der Waals surface area contributed by atoms with Gasteiger partial charge in [-0.15, -0.1) is 0 Å². The molecule has 12 nitrogen and oxygen atoms in total. The minimum absolute atomic E-state index is 0.0699. The van der Waals surface area contributed by atoms with Crippen LogP contribution in [0.4, 0.5) is 5.82 Å². The summed E-state index contributed by atoms with van der Waals surface area (Å²) in [4.78, 5) is 32.4. The smallest absolute Gasteiger partial charge is 0.229 e. The van der Waals surface area contributed by atoms with E-state index >= 15 is 0 Å². The number of carbonyl (C=O) groups excluding carboxylic acids is 2. The van der Waals surface area contributed by atoms with Crippen molar-refractivity contribution in [3.05, 3.63) is 112 Å². The topological polar surface area (TPSA) is 213 Å². The summed E-state index contributed by atoms with van der Waals surface area (Å²) in [5.41, 5.74) is 4.54. The summed E-state index contributed by atoms with van der Waals surface area (Å²) in [5.74, 6) is -3.92. The maximum Gasteiger partial charge on any atom is 0.229 e. The van der Waals surface area contributed by atoms with E-state index in [0.717, 1.165) is 29.5 Å². The molecule has 0 unspecified atom stereocenters. The largest absolute Gasteiger partial charge is 0.511 e. The number of benzene rings is 2. The number of pyridine rings is 1. The molecule has 5 aliphatic rings. The third-order valence-electron chi connectivity index (χ3n) is 12.6. The molecule has 53 heavy (non-hydrogen) atoms. The normalized spacial score (nSPS) is 33.1. The van der Waals surface area contributed by atoms with Crippen molar-refractivity contribution in [3.63, 3.8) is 0 Å². The molecule has 1 aromatic heterocycles. The fraction of sp³-hybridized carbons (Fsp3) is 0.439. The number of fused-ring (bicyclic) bond motifs is 4. The average Bonchev–Trinajstić information content (AvgIpc) is 3.65. The number of aliphatic hydroxyl groups is 6. The van der Waals surface area contributed by atoms with E-state index in [1.54, 1.807) is 24.4 Å². The SMILES string of the molecule is Nc1cc(C2([C@@H]3CC[C@]4(CO)O[C@@H](Oc5cccc6c5C(=O)[C@@H]5C(O)=CC(Cc7cccc(CO)c7)=C[C@@H]5C6=O)[C@H](O)[C@@]3(O)[C@@H]4O)CCCC2)ccn1. The maximum absolute atomic E-state index is 14.2. The van der Waals surface area contributed by atoms with Crippen LogP contribution in [-0.2, 0) is 23.2 Å². The Kier molecular flexibility index (Phi) is 8.83. The van der Waals surface area contributed by atoms with Crippen molar-refractivity contribution in [2.45, 2.75) is 86.7 Å². The fourth-order valence-electron chi connectivity index (χ4n) is 10.1. The van der Waals surface area contributed by atoms with Crippen LogP contribution >= 0.6 is 0 Å². The predicted molar refractivity (Wildman–Crippen MR) is 191 cm³/mol. The molecule has 278 valence electrons. The highest BCUT2D eigenvalue weighted by Gasteiger charge is 2.71. The van der Waals surface area contributed by atoms with Crippen LogP contribution in [0.5, 0.6) is 5.75 Å². The van der Waals surface area contributed by atoms with E-state index in [1.807, 2.05) is 24.3 Å². The Bertz CT molecular complexity index is 2020. The lowest BCUT2D eigenvalue weighted by Gasteiger charge is -2.62. The number of nitrogen functional groups attached to an aromatic ring is 1. The number of aliphatic hydroxyl groups excluding tert-OH is 5. The first-order chi connectivity index (χ1) is 25.5. The summed E-state index contributed by atoms with van der Waals surface area (Å²) in [5, 5.41) is 68.0. The molecule has 4 aliphatic carbocycles. The van der Waals surface area contributed by atoms with Crippen molar-refractivity contribution in [3.8, 4) is 5.75 Å². The van der Waals surface area contributed by atoms with Gasteiger partial charge in [0.1, 0.15) is 40.7 Å². The fourth-order valence-corrected chi connectivity index (χ4v) is 10.1. The minimum Gasteiger partial charge on any atom is -0.511 e. The van der Waals surface area contributed by atoms with E-state index in [1.165, 1.54) is 24.3 Å². The van der Waals surface area contributed by atoms with Crippen molar-refractivity contribution >= 4 is 17.4 Å². The van der Waals surface area contributed by atoms with E-state index in [4.69, 9.17) is 15.2 Å².